The first-order chi connectivity index (χ1) is 5.09. The third-order valence-electron chi connectivity index (χ3n) is 1.26. The number of nitrogens with one attached hydrogen (secondary N) is 1. The highest BCUT2D eigenvalue weighted by atomic mass is 32.2. The molecule has 1 saturated heterocycles. The van der Waals surface area contributed by atoms with E-state index in [9.17, 15) is 4.79 Å². The molecule has 3 nitrogen and oxygen atoms in total. The lowest BCUT2D eigenvalue weighted by molar-refractivity contribution is -0.118. The van der Waals surface area contributed by atoms with E-state index < -0.39 is 0 Å². The zero-order valence-corrected chi connectivity index (χ0v) is 7.73. The fraction of sp³-hybridized carbons (Fsp3) is 0.714. The molecular weight excluding hydrogens is 160 g/mol. The van der Waals surface area contributed by atoms with Gasteiger partial charge in [0.05, 0.1) is 5.25 Å². The summed E-state index contributed by atoms with van der Waals surface area (Å²) in [5.41, 5.74) is 0. The molecule has 1 atom stereocenters. The first-order valence-electron chi connectivity index (χ1n) is 3.65. The van der Waals surface area contributed by atoms with Gasteiger partial charge in [0, 0.05) is 6.04 Å². The second-order valence-corrected chi connectivity index (χ2v) is 4.11. The number of aliphatic imine (C=N–C) groups is 1. The van der Waals surface area contributed by atoms with Gasteiger partial charge in [-0.15, -0.1) is 0 Å². The van der Waals surface area contributed by atoms with Crippen molar-refractivity contribution in [2.45, 2.75) is 32.1 Å². The lowest BCUT2D eigenvalue weighted by atomic mass is 10.4. The van der Waals surface area contributed by atoms with Crippen molar-refractivity contribution in [1.82, 2.24) is 5.32 Å². The average molecular weight is 172 g/mol. The van der Waals surface area contributed by atoms with E-state index >= 15 is 0 Å². The predicted octanol–water partition coefficient (Wildman–Crippen LogP) is 1.00. The molecule has 4 heteroatoms. The van der Waals surface area contributed by atoms with Crippen LogP contribution in [0.25, 0.3) is 0 Å². The van der Waals surface area contributed by atoms with Crippen molar-refractivity contribution in [3.63, 3.8) is 0 Å². The van der Waals surface area contributed by atoms with Crippen LogP contribution in [0.4, 0.5) is 0 Å². The van der Waals surface area contributed by atoms with E-state index in [4.69, 9.17) is 0 Å². The molecule has 0 radical (unpaired) electrons. The SMILES string of the molecule is CC(C)N=C1NC(=O)C(C)S1. The number of nitrogens with zero attached hydrogens (tertiary/aromatic N) is 1. The van der Waals surface area contributed by atoms with Crippen molar-refractivity contribution >= 4 is 22.8 Å². The van der Waals surface area contributed by atoms with Crippen LogP contribution in [0.3, 0.4) is 0 Å². The number of thioether (sulfide) groups is 1. The molecule has 62 valence electrons. The largest absolute Gasteiger partial charge is 0.304 e. The van der Waals surface area contributed by atoms with Gasteiger partial charge >= 0.3 is 0 Å². The van der Waals surface area contributed by atoms with E-state index in [-0.39, 0.29) is 17.2 Å². The lowest BCUT2D eigenvalue weighted by Gasteiger charge is -1.97. The Bertz CT molecular complexity index is 201. The van der Waals surface area contributed by atoms with Crippen molar-refractivity contribution < 1.29 is 4.79 Å². The van der Waals surface area contributed by atoms with Gasteiger partial charge in [0.25, 0.3) is 0 Å². The summed E-state index contributed by atoms with van der Waals surface area (Å²) in [6, 6.07) is 0.253. The van der Waals surface area contributed by atoms with Crippen molar-refractivity contribution in [3.8, 4) is 0 Å². The van der Waals surface area contributed by atoms with Gasteiger partial charge in [0.1, 0.15) is 0 Å². The summed E-state index contributed by atoms with van der Waals surface area (Å²) in [5.74, 6) is 0.0643. The molecule has 1 aliphatic rings. The molecule has 1 unspecified atom stereocenters. The maximum Gasteiger partial charge on any atom is 0.239 e. The Kier molecular flexibility index (Phi) is 2.54. The molecule has 1 fully saturated rings. The summed E-state index contributed by atoms with van der Waals surface area (Å²) < 4.78 is 0. The van der Waals surface area contributed by atoms with Gasteiger partial charge in [0.2, 0.25) is 5.91 Å². The maximum absolute atomic E-state index is 11.0. The monoisotopic (exact) mass is 172 g/mol. The van der Waals surface area contributed by atoms with Crippen molar-refractivity contribution in [2.24, 2.45) is 4.99 Å². The Balaban J connectivity index is 2.60. The fourth-order valence-electron chi connectivity index (χ4n) is 0.755. The fourth-order valence-corrected chi connectivity index (χ4v) is 1.69. The van der Waals surface area contributed by atoms with Crippen molar-refractivity contribution in [3.05, 3.63) is 0 Å². The number of hydrogen-bond acceptors (Lipinski definition) is 3. The molecule has 0 aromatic heterocycles. The minimum atomic E-state index is 0.0208. The highest BCUT2D eigenvalue weighted by Gasteiger charge is 2.25. The molecule has 0 aromatic carbocycles. The molecule has 1 aliphatic heterocycles. The van der Waals surface area contributed by atoms with E-state index in [1.54, 1.807) is 0 Å². The summed E-state index contributed by atoms with van der Waals surface area (Å²) in [5, 5.41) is 3.49. The van der Waals surface area contributed by atoms with Crippen LogP contribution in [0, 0.1) is 0 Å². The van der Waals surface area contributed by atoms with Crippen LogP contribution in [0.15, 0.2) is 4.99 Å². The molecular formula is C7H12N2OS. The number of carbonyl (C=O) groups excluding carboxylic acids is 1. The summed E-state index contributed by atoms with van der Waals surface area (Å²) in [7, 11) is 0. The van der Waals surface area contributed by atoms with Crippen LogP contribution < -0.4 is 5.32 Å². The van der Waals surface area contributed by atoms with Crippen LogP contribution in [-0.4, -0.2) is 22.4 Å². The van der Waals surface area contributed by atoms with Gasteiger partial charge in [-0.25, -0.2) is 0 Å². The Morgan fingerprint density at radius 3 is 2.64 bits per heavy atom. The second-order valence-electron chi connectivity index (χ2n) is 2.78. The molecule has 1 heterocycles. The average Bonchev–Trinajstić information content (AvgIpc) is 2.10. The summed E-state index contributed by atoms with van der Waals surface area (Å²) >= 11 is 1.49. The van der Waals surface area contributed by atoms with Gasteiger partial charge in [0.15, 0.2) is 5.17 Å². The van der Waals surface area contributed by atoms with Gasteiger partial charge in [-0.1, -0.05) is 11.8 Å². The summed E-state index contributed by atoms with van der Waals surface area (Å²) in [4.78, 5) is 15.2. The molecule has 1 rings (SSSR count). The van der Waals surface area contributed by atoms with Gasteiger partial charge < -0.3 is 5.32 Å². The molecule has 0 aliphatic carbocycles. The quantitative estimate of drug-likeness (QED) is 0.641. The van der Waals surface area contributed by atoms with E-state index in [0.717, 1.165) is 5.17 Å². The minimum absolute atomic E-state index is 0.0208. The van der Waals surface area contributed by atoms with Crippen LogP contribution in [0.2, 0.25) is 0 Å². The van der Waals surface area contributed by atoms with E-state index in [1.807, 2.05) is 20.8 Å². The molecule has 0 spiro atoms. The van der Waals surface area contributed by atoms with Gasteiger partial charge in [-0.05, 0) is 20.8 Å². The normalized spacial score (nSPS) is 28.2. The van der Waals surface area contributed by atoms with Crippen molar-refractivity contribution in [1.29, 1.82) is 0 Å². The Hall–Kier alpha value is -0.510. The van der Waals surface area contributed by atoms with E-state index in [1.165, 1.54) is 11.8 Å². The third-order valence-corrected chi connectivity index (χ3v) is 2.26. The summed E-state index contributed by atoms with van der Waals surface area (Å²) in [6.45, 7) is 5.86. The number of hydrogen-bond donors (Lipinski definition) is 1. The maximum atomic E-state index is 11.0. The number of carbonyl (C=O) groups is 1. The van der Waals surface area contributed by atoms with E-state index in [2.05, 4.69) is 10.3 Å². The topological polar surface area (TPSA) is 41.5 Å². The molecule has 0 bridgehead atoms. The molecule has 0 aromatic rings. The molecule has 1 amide bonds. The van der Waals surface area contributed by atoms with Crippen LogP contribution in [0.5, 0.6) is 0 Å². The van der Waals surface area contributed by atoms with Gasteiger partial charge in [-0.2, -0.15) is 0 Å². The minimum Gasteiger partial charge on any atom is -0.304 e. The molecule has 0 saturated carbocycles. The smallest absolute Gasteiger partial charge is 0.239 e. The first-order valence-corrected chi connectivity index (χ1v) is 4.53. The predicted molar refractivity (Wildman–Crippen MR) is 47.8 cm³/mol. The van der Waals surface area contributed by atoms with E-state index in [0.29, 0.717) is 0 Å². The van der Waals surface area contributed by atoms with Crippen LogP contribution in [-0.2, 0) is 4.79 Å². The Morgan fingerprint density at radius 2 is 2.27 bits per heavy atom. The van der Waals surface area contributed by atoms with Gasteiger partial charge in [-0.3, -0.25) is 9.79 Å². The zero-order valence-electron chi connectivity index (χ0n) is 6.92. The third kappa shape index (κ3) is 2.22. The molecule has 1 N–H and O–H groups in total. The van der Waals surface area contributed by atoms with Crippen LogP contribution in [0.1, 0.15) is 20.8 Å². The first kappa shape index (κ1) is 8.59. The number of amidine groups is 1. The van der Waals surface area contributed by atoms with Crippen LogP contribution >= 0.6 is 11.8 Å². The number of amides is 1. The second kappa shape index (κ2) is 3.26. The Morgan fingerprint density at radius 1 is 1.64 bits per heavy atom. The Labute approximate surface area is 70.7 Å². The van der Waals surface area contributed by atoms with Crippen molar-refractivity contribution in [2.75, 3.05) is 0 Å². The summed E-state index contributed by atoms with van der Waals surface area (Å²) in [6.07, 6.45) is 0. The highest BCUT2D eigenvalue weighted by Crippen LogP contribution is 2.18. The standard InChI is InChI=1S/C7H12N2OS/c1-4(2)8-7-9-6(10)5(3)11-7/h4-5H,1-3H3,(H,8,9,10). The zero-order chi connectivity index (χ0) is 8.43. The lowest BCUT2D eigenvalue weighted by Crippen LogP contribution is -2.23. The number of rotatable bonds is 1. The highest BCUT2D eigenvalue weighted by molar-refractivity contribution is 8.15. The molecule has 11 heavy (non-hydrogen) atoms.